The second kappa shape index (κ2) is 4.91. The van der Waals surface area contributed by atoms with Crippen molar-refractivity contribution in [1.82, 2.24) is 0 Å². The number of rotatable bonds is 0. The normalized spacial score (nSPS) is 14.8. The van der Waals surface area contributed by atoms with Gasteiger partial charge in [-0.3, -0.25) is 0 Å². The van der Waals surface area contributed by atoms with E-state index in [-0.39, 0.29) is 6.61 Å². The van der Waals surface area contributed by atoms with Gasteiger partial charge in [0.05, 0.1) is 0 Å². The Balaban J connectivity index is 0. The Morgan fingerprint density at radius 1 is 1.11 bits per heavy atom. The van der Waals surface area contributed by atoms with Gasteiger partial charge in [-0.2, -0.15) is 0 Å². The van der Waals surface area contributed by atoms with Gasteiger partial charge in [-0.25, -0.2) is 0 Å². The molecule has 0 rings (SSSR count). The molecule has 9 heavy (non-hydrogen) atoms. The Morgan fingerprint density at radius 3 is 1.11 bits per heavy atom. The predicted octanol–water partition coefficient (Wildman–Crippen LogP) is 3.44. The van der Waals surface area contributed by atoms with Crippen molar-refractivity contribution in [3.63, 3.8) is 0 Å². The van der Waals surface area contributed by atoms with Crippen LogP contribution in [-0.2, 0) is 10.4 Å². The fraction of sp³-hybridized carbons (Fsp3) is 1.00. The summed E-state index contributed by atoms with van der Waals surface area (Å²) in [6.07, 6.45) is 0. The standard InChI is InChI=1S/C2H6O.5ClH.Nb/c1-2-3;;;;;;/h3H,2H2,1H3;5*1H;/q;;;;;;+5/p-5. The van der Waals surface area contributed by atoms with Crippen molar-refractivity contribution >= 4 is 45.9 Å². The van der Waals surface area contributed by atoms with Crippen LogP contribution in [0.1, 0.15) is 6.92 Å². The van der Waals surface area contributed by atoms with Crippen LogP contribution in [0.4, 0.5) is 0 Å². The fourth-order valence-corrected chi connectivity index (χ4v) is 0. The molecule has 0 aliphatic heterocycles. The molecule has 0 heterocycles. The molecule has 0 spiro atoms. The van der Waals surface area contributed by atoms with Gasteiger partial charge < -0.3 is 5.11 Å². The first kappa shape index (κ1) is 13.7. The maximum absolute atomic E-state index is 7.57. The molecule has 0 unspecified atom stereocenters. The van der Waals surface area contributed by atoms with Gasteiger partial charge in [0.25, 0.3) is 0 Å². The van der Waals surface area contributed by atoms with E-state index < -0.39 is 10.4 Å². The van der Waals surface area contributed by atoms with Crippen LogP contribution < -0.4 is 0 Å². The summed E-state index contributed by atoms with van der Waals surface area (Å²) in [5.41, 5.74) is 0. The Kier molecular flexibility index (Phi) is 7.49. The molecule has 0 atom stereocenters. The first-order valence-corrected chi connectivity index (χ1v) is 16.0. The topological polar surface area (TPSA) is 20.2 Å². The van der Waals surface area contributed by atoms with Gasteiger partial charge in [0.2, 0.25) is 0 Å². The summed E-state index contributed by atoms with van der Waals surface area (Å²) in [5.74, 6) is 0. The summed E-state index contributed by atoms with van der Waals surface area (Å²) in [4.78, 5) is 0. The van der Waals surface area contributed by atoms with Gasteiger partial charge in [-0.1, -0.05) is 0 Å². The predicted molar refractivity (Wildman–Crippen MR) is 42.0 cm³/mol. The van der Waals surface area contributed by atoms with Crippen LogP contribution in [-0.4, -0.2) is 11.7 Å². The molecule has 0 aromatic rings. The van der Waals surface area contributed by atoms with Crippen LogP contribution >= 0.6 is 45.9 Å². The minimum atomic E-state index is -4.33. The number of hydrogen-bond donors (Lipinski definition) is 1. The van der Waals surface area contributed by atoms with E-state index in [1.807, 2.05) is 0 Å². The van der Waals surface area contributed by atoms with Crippen LogP contribution in [0.3, 0.4) is 0 Å². The summed E-state index contributed by atoms with van der Waals surface area (Å²) in [7, 11) is 20.9. The third kappa shape index (κ3) is 146. The third-order valence-electron chi connectivity index (χ3n) is 0. The first-order valence-electron chi connectivity index (χ1n) is 1.87. The third-order valence-corrected chi connectivity index (χ3v) is 0. The molecule has 0 aliphatic rings. The van der Waals surface area contributed by atoms with Gasteiger partial charge in [0, 0.05) is 6.61 Å². The van der Waals surface area contributed by atoms with E-state index >= 15 is 0 Å². The molecular weight excluding hydrogens is 310 g/mol. The van der Waals surface area contributed by atoms with Crippen molar-refractivity contribution in [2.75, 3.05) is 6.61 Å². The molecule has 0 aromatic heterocycles. The first-order chi connectivity index (χ1) is 3.65. The summed E-state index contributed by atoms with van der Waals surface area (Å²) in [5, 5.41) is 7.57. The summed E-state index contributed by atoms with van der Waals surface area (Å²) >= 11 is 0. The van der Waals surface area contributed by atoms with Crippen molar-refractivity contribution in [1.29, 1.82) is 0 Å². The zero-order valence-corrected chi connectivity index (χ0v) is 10.5. The number of halogens is 5. The molecule has 1 N–H and O–H groups in total. The summed E-state index contributed by atoms with van der Waals surface area (Å²) in [6.45, 7) is 1.93. The van der Waals surface area contributed by atoms with Crippen LogP contribution in [0.2, 0.25) is 0 Å². The molecule has 0 bridgehead atoms. The molecule has 0 radical (unpaired) electrons. The van der Waals surface area contributed by atoms with E-state index in [1.54, 1.807) is 6.92 Å². The molecular formula is C2H6Cl5NbO. The van der Waals surface area contributed by atoms with Gasteiger partial charge in [-0.15, -0.1) is 0 Å². The second-order valence-electron chi connectivity index (χ2n) is 0.955. The van der Waals surface area contributed by atoms with E-state index in [9.17, 15) is 0 Å². The average molecular weight is 316 g/mol. The number of hydrogen-bond acceptors (Lipinski definition) is 1. The molecule has 0 fully saturated rings. The zero-order valence-electron chi connectivity index (χ0n) is 4.49. The summed E-state index contributed by atoms with van der Waals surface area (Å²) in [6, 6.07) is 0. The van der Waals surface area contributed by atoms with Gasteiger partial charge in [0.15, 0.2) is 0 Å². The van der Waals surface area contributed by atoms with Crippen LogP contribution in [0, 0.1) is 0 Å². The SMILES string of the molecule is CCO.[Cl][Nb]([Cl])([Cl])([Cl])[Cl]. The molecule has 0 aliphatic carbocycles. The molecule has 7 heteroatoms. The van der Waals surface area contributed by atoms with Gasteiger partial charge >= 0.3 is 56.4 Å². The zero-order chi connectivity index (χ0) is 8.15. The number of aliphatic hydroxyl groups is 1. The van der Waals surface area contributed by atoms with Crippen molar-refractivity contribution in [3.8, 4) is 0 Å². The van der Waals surface area contributed by atoms with Crippen molar-refractivity contribution in [2.45, 2.75) is 6.92 Å². The molecule has 1 nitrogen and oxygen atoms in total. The Hall–Kier alpha value is 2.15. The fourth-order valence-electron chi connectivity index (χ4n) is 0. The molecule has 0 aromatic carbocycles. The minimum absolute atomic E-state index is 0.250. The van der Waals surface area contributed by atoms with Crippen LogP contribution in [0.15, 0.2) is 0 Å². The van der Waals surface area contributed by atoms with E-state index in [0.717, 1.165) is 0 Å². The van der Waals surface area contributed by atoms with Crippen LogP contribution in [0.25, 0.3) is 0 Å². The van der Waals surface area contributed by atoms with E-state index in [0.29, 0.717) is 0 Å². The molecule has 60 valence electrons. The Bertz CT molecular complexity index is 57.8. The number of aliphatic hydroxyl groups excluding tert-OH is 1. The molecule has 0 saturated carbocycles. The average Bonchev–Trinajstić information content (AvgIpc) is 1.23. The van der Waals surface area contributed by atoms with E-state index in [1.165, 1.54) is 0 Å². The monoisotopic (exact) mass is 314 g/mol. The van der Waals surface area contributed by atoms with Gasteiger partial charge in [0.1, 0.15) is 0 Å². The van der Waals surface area contributed by atoms with Crippen molar-refractivity contribution in [3.05, 3.63) is 0 Å². The second-order valence-corrected chi connectivity index (χ2v) is 34.3. The van der Waals surface area contributed by atoms with Crippen molar-refractivity contribution in [2.24, 2.45) is 0 Å². The van der Waals surface area contributed by atoms with Crippen molar-refractivity contribution < 1.29 is 15.5 Å². The summed E-state index contributed by atoms with van der Waals surface area (Å²) < 4.78 is 0. The quantitative estimate of drug-likeness (QED) is 0.679. The van der Waals surface area contributed by atoms with Crippen LogP contribution in [0.5, 0.6) is 0 Å². The Morgan fingerprint density at radius 2 is 1.11 bits per heavy atom. The molecule has 0 saturated heterocycles. The van der Waals surface area contributed by atoms with Gasteiger partial charge in [-0.05, 0) is 6.92 Å². The van der Waals surface area contributed by atoms with E-state index in [4.69, 9.17) is 51.1 Å². The molecule has 0 amide bonds. The Labute approximate surface area is 74.2 Å². The maximum atomic E-state index is 7.57. The van der Waals surface area contributed by atoms with E-state index in [2.05, 4.69) is 0 Å².